The third-order valence-electron chi connectivity index (χ3n) is 3.89. The second-order valence-corrected chi connectivity index (χ2v) is 4.98. The SMILES string of the molecule is CCC(CC)(C(=O)Cc1ccc(F)c(F)c1)N(C)C. The van der Waals surface area contributed by atoms with Crippen molar-refractivity contribution in [2.24, 2.45) is 0 Å². The summed E-state index contributed by atoms with van der Waals surface area (Å²) < 4.78 is 26.0. The van der Waals surface area contributed by atoms with Gasteiger partial charge in [0.25, 0.3) is 0 Å². The van der Waals surface area contributed by atoms with Crippen LogP contribution in [0.15, 0.2) is 18.2 Å². The Morgan fingerprint density at radius 2 is 1.74 bits per heavy atom. The second-order valence-electron chi connectivity index (χ2n) is 4.98. The normalized spacial score (nSPS) is 11.9. The van der Waals surface area contributed by atoms with Crippen molar-refractivity contribution in [3.05, 3.63) is 35.4 Å². The number of hydrogen-bond acceptors (Lipinski definition) is 2. The fourth-order valence-electron chi connectivity index (χ4n) is 2.53. The maximum absolute atomic E-state index is 13.2. The average Bonchev–Trinajstić information content (AvgIpc) is 2.35. The molecule has 0 bridgehead atoms. The molecule has 0 N–H and O–H groups in total. The zero-order valence-corrected chi connectivity index (χ0v) is 12.0. The van der Waals surface area contributed by atoms with Crippen LogP contribution in [0.5, 0.6) is 0 Å². The van der Waals surface area contributed by atoms with Gasteiger partial charge in [-0.3, -0.25) is 9.69 Å². The third kappa shape index (κ3) is 3.18. The zero-order valence-electron chi connectivity index (χ0n) is 12.0. The van der Waals surface area contributed by atoms with Crippen LogP contribution in [0.4, 0.5) is 8.78 Å². The highest BCUT2D eigenvalue weighted by atomic mass is 19.2. The van der Waals surface area contributed by atoms with Crippen LogP contribution in [-0.2, 0) is 11.2 Å². The maximum atomic E-state index is 13.2. The highest BCUT2D eigenvalue weighted by Gasteiger charge is 2.36. The van der Waals surface area contributed by atoms with E-state index in [0.717, 1.165) is 12.1 Å². The smallest absolute Gasteiger partial charge is 0.159 e. The van der Waals surface area contributed by atoms with Gasteiger partial charge in [-0.1, -0.05) is 19.9 Å². The van der Waals surface area contributed by atoms with Gasteiger partial charge < -0.3 is 0 Å². The predicted molar refractivity (Wildman–Crippen MR) is 72.1 cm³/mol. The van der Waals surface area contributed by atoms with E-state index in [1.807, 2.05) is 32.8 Å². The van der Waals surface area contributed by atoms with Gasteiger partial charge in [-0.05, 0) is 44.6 Å². The molecule has 1 rings (SSSR count). The summed E-state index contributed by atoms with van der Waals surface area (Å²) in [5, 5.41) is 0. The van der Waals surface area contributed by atoms with Gasteiger partial charge in [0.15, 0.2) is 17.4 Å². The number of Topliss-reactive ketones (excluding diaryl/α,β-unsaturated/α-hetero) is 1. The molecule has 0 atom stereocenters. The molecule has 0 spiro atoms. The zero-order chi connectivity index (χ0) is 14.6. The Bertz CT molecular complexity index is 453. The Balaban J connectivity index is 2.97. The first-order valence-electron chi connectivity index (χ1n) is 6.52. The van der Waals surface area contributed by atoms with Gasteiger partial charge in [0.2, 0.25) is 0 Å². The number of ketones is 1. The molecule has 106 valence electrons. The van der Waals surface area contributed by atoms with Crippen molar-refractivity contribution in [3.8, 4) is 0 Å². The summed E-state index contributed by atoms with van der Waals surface area (Å²) >= 11 is 0. The van der Waals surface area contributed by atoms with Crippen molar-refractivity contribution >= 4 is 5.78 Å². The predicted octanol–water partition coefficient (Wildman–Crippen LogP) is 3.20. The summed E-state index contributed by atoms with van der Waals surface area (Å²) in [6, 6.07) is 3.62. The van der Waals surface area contributed by atoms with Crippen LogP contribution < -0.4 is 0 Å². The van der Waals surface area contributed by atoms with E-state index in [1.165, 1.54) is 6.07 Å². The molecule has 0 unspecified atom stereocenters. The molecular weight excluding hydrogens is 248 g/mol. The van der Waals surface area contributed by atoms with Crippen molar-refractivity contribution in [2.75, 3.05) is 14.1 Å². The van der Waals surface area contributed by atoms with Crippen LogP contribution in [0, 0.1) is 11.6 Å². The summed E-state index contributed by atoms with van der Waals surface area (Å²) in [5.74, 6) is -1.76. The quantitative estimate of drug-likeness (QED) is 0.790. The lowest BCUT2D eigenvalue weighted by Gasteiger charge is -2.37. The van der Waals surface area contributed by atoms with Crippen LogP contribution in [0.3, 0.4) is 0 Å². The minimum Gasteiger partial charge on any atom is -0.297 e. The van der Waals surface area contributed by atoms with E-state index in [-0.39, 0.29) is 12.2 Å². The number of hydrogen-bond donors (Lipinski definition) is 0. The molecule has 0 amide bonds. The molecule has 4 heteroatoms. The maximum Gasteiger partial charge on any atom is 0.159 e. The Kier molecular flexibility index (Phi) is 5.18. The molecule has 0 aliphatic heterocycles. The van der Waals surface area contributed by atoms with Crippen LogP contribution in [0.25, 0.3) is 0 Å². The molecule has 0 aliphatic rings. The Morgan fingerprint density at radius 3 is 2.16 bits per heavy atom. The lowest BCUT2D eigenvalue weighted by molar-refractivity contribution is -0.129. The summed E-state index contributed by atoms with van der Waals surface area (Å²) in [7, 11) is 3.74. The van der Waals surface area contributed by atoms with E-state index in [9.17, 15) is 13.6 Å². The van der Waals surface area contributed by atoms with Crippen molar-refractivity contribution in [3.63, 3.8) is 0 Å². The molecule has 1 aromatic rings. The minimum atomic E-state index is -0.909. The van der Waals surface area contributed by atoms with E-state index < -0.39 is 17.2 Å². The van der Waals surface area contributed by atoms with Gasteiger partial charge in [-0.25, -0.2) is 8.78 Å². The lowest BCUT2D eigenvalue weighted by atomic mass is 9.83. The first kappa shape index (κ1) is 15.8. The molecular formula is C15H21F2NO. The highest BCUT2D eigenvalue weighted by molar-refractivity contribution is 5.90. The molecule has 2 nitrogen and oxygen atoms in total. The lowest BCUT2D eigenvalue weighted by Crippen LogP contribution is -2.50. The fourth-order valence-corrected chi connectivity index (χ4v) is 2.53. The molecule has 0 aromatic heterocycles. The van der Waals surface area contributed by atoms with Gasteiger partial charge in [-0.2, -0.15) is 0 Å². The summed E-state index contributed by atoms with van der Waals surface area (Å²) in [6.45, 7) is 3.93. The first-order chi connectivity index (χ1) is 8.87. The first-order valence-corrected chi connectivity index (χ1v) is 6.52. The number of rotatable bonds is 6. The highest BCUT2D eigenvalue weighted by Crippen LogP contribution is 2.24. The largest absolute Gasteiger partial charge is 0.297 e. The Labute approximate surface area is 113 Å². The summed E-state index contributed by atoms with van der Waals surface area (Å²) in [4.78, 5) is 14.4. The van der Waals surface area contributed by atoms with E-state index in [0.29, 0.717) is 18.4 Å². The van der Waals surface area contributed by atoms with Crippen LogP contribution >= 0.6 is 0 Å². The number of nitrogens with zero attached hydrogens (tertiary/aromatic N) is 1. The van der Waals surface area contributed by atoms with Crippen LogP contribution in [0.2, 0.25) is 0 Å². The number of likely N-dealkylation sites (N-methyl/N-ethyl adjacent to an activating group) is 1. The molecule has 0 radical (unpaired) electrons. The van der Waals surface area contributed by atoms with Crippen molar-refractivity contribution in [2.45, 2.75) is 38.6 Å². The molecule has 0 saturated carbocycles. The Hall–Kier alpha value is -1.29. The van der Waals surface area contributed by atoms with Gasteiger partial charge in [-0.15, -0.1) is 0 Å². The number of halogens is 2. The third-order valence-corrected chi connectivity index (χ3v) is 3.89. The van der Waals surface area contributed by atoms with E-state index in [4.69, 9.17) is 0 Å². The number of carbonyl (C=O) groups excluding carboxylic acids is 1. The van der Waals surface area contributed by atoms with Gasteiger partial charge in [0.1, 0.15) is 0 Å². The number of carbonyl (C=O) groups is 1. The van der Waals surface area contributed by atoms with E-state index >= 15 is 0 Å². The molecule has 0 saturated heterocycles. The van der Waals surface area contributed by atoms with E-state index in [1.54, 1.807) is 0 Å². The van der Waals surface area contributed by atoms with Crippen molar-refractivity contribution in [1.29, 1.82) is 0 Å². The molecule has 0 fully saturated rings. The minimum absolute atomic E-state index is 0.0357. The second kappa shape index (κ2) is 6.24. The van der Waals surface area contributed by atoms with Crippen molar-refractivity contribution in [1.82, 2.24) is 4.90 Å². The molecule has 0 heterocycles. The molecule has 0 aliphatic carbocycles. The topological polar surface area (TPSA) is 20.3 Å². The monoisotopic (exact) mass is 269 g/mol. The van der Waals surface area contributed by atoms with Crippen LogP contribution in [-0.4, -0.2) is 30.3 Å². The standard InChI is InChI=1S/C15H21F2NO/c1-5-15(6-2,18(3)4)14(19)10-11-7-8-12(16)13(17)9-11/h7-9H,5-6,10H2,1-4H3. The Morgan fingerprint density at radius 1 is 1.16 bits per heavy atom. The molecule has 19 heavy (non-hydrogen) atoms. The van der Waals surface area contributed by atoms with Crippen LogP contribution in [0.1, 0.15) is 32.3 Å². The molecule has 1 aromatic carbocycles. The van der Waals surface area contributed by atoms with Gasteiger partial charge in [0.05, 0.1) is 5.54 Å². The average molecular weight is 269 g/mol. The van der Waals surface area contributed by atoms with Gasteiger partial charge >= 0.3 is 0 Å². The van der Waals surface area contributed by atoms with Crippen molar-refractivity contribution < 1.29 is 13.6 Å². The summed E-state index contributed by atoms with van der Waals surface area (Å²) in [6.07, 6.45) is 1.51. The van der Waals surface area contributed by atoms with Gasteiger partial charge in [0, 0.05) is 6.42 Å². The fraction of sp³-hybridized carbons (Fsp3) is 0.533. The number of benzene rings is 1. The summed E-state index contributed by atoms with van der Waals surface area (Å²) in [5.41, 5.74) is -0.0257. The van der Waals surface area contributed by atoms with E-state index in [2.05, 4.69) is 0 Å².